The van der Waals surface area contributed by atoms with Crippen LogP contribution in [-0.4, -0.2) is 57.5 Å². The van der Waals surface area contributed by atoms with E-state index in [1.807, 2.05) is 18.2 Å². The molecule has 3 aromatic rings. The monoisotopic (exact) mass is 499 g/mol. The number of amides is 2. The Morgan fingerprint density at radius 2 is 1.86 bits per heavy atom. The van der Waals surface area contributed by atoms with Gasteiger partial charge in [-0.05, 0) is 48.1 Å². The van der Waals surface area contributed by atoms with E-state index in [1.165, 1.54) is 24.1 Å². The molecular weight excluding hydrogens is 475 g/mol. The predicted octanol–water partition coefficient (Wildman–Crippen LogP) is 3.60. The van der Waals surface area contributed by atoms with Crippen LogP contribution in [0.4, 0.5) is 13.2 Å². The molecule has 0 saturated carbocycles. The van der Waals surface area contributed by atoms with Crippen molar-refractivity contribution in [3.8, 4) is 17.1 Å². The summed E-state index contributed by atoms with van der Waals surface area (Å²) in [6, 6.07) is 8.17. The molecular formula is C25H24F3N5O3. The first-order valence-electron chi connectivity index (χ1n) is 11.3. The lowest BCUT2D eigenvalue weighted by molar-refractivity contribution is -0.137. The largest absolute Gasteiger partial charge is 0.467 e. The number of nitrogens with zero attached hydrogens (tertiary/aromatic N) is 4. The molecule has 1 atom stereocenters. The van der Waals surface area contributed by atoms with E-state index in [-0.39, 0.29) is 17.3 Å². The lowest BCUT2D eigenvalue weighted by Gasteiger charge is -2.36. The second kappa shape index (κ2) is 10.3. The van der Waals surface area contributed by atoms with Gasteiger partial charge in [0.15, 0.2) is 0 Å². The number of hydrogen-bond acceptors (Lipinski definition) is 6. The summed E-state index contributed by atoms with van der Waals surface area (Å²) in [5, 5.41) is 0. The minimum atomic E-state index is -4.43. The Morgan fingerprint density at radius 1 is 1.11 bits per heavy atom. The van der Waals surface area contributed by atoms with Crippen molar-refractivity contribution in [3.63, 3.8) is 0 Å². The summed E-state index contributed by atoms with van der Waals surface area (Å²) in [4.78, 5) is 38.2. The van der Waals surface area contributed by atoms with Gasteiger partial charge in [-0.2, -0.15) is 13.2 Å². The van der Waals surface area contributed by atoms with Crippen LogP contribution in [-0.2, 0) is 12.8 Å². The van der Waals surface area contributed by atoms with E-state index < -0.39 is 37.0 Å². The molecule has 0 fully saturated rings. The number of ether oxygens (including phenoxy) is 1. The Morgan fingerprint density at radius 3 is 2.47 bits per heavy atom. The number of rotatable bonds is 7. The predicted molar refractivity (Wildman–Crippen MR) is 124 cm³/mol. The second-order valence-corrected chi connectivity index (χ2v) is 8.46. The van der Waals surface area contributed by atoms with E-state index in [9.17, 15) is 22.8 Å². The number of halogens is 3. The Kier molecular flexibility index (Phi) is 7.18. The van der Waals surface area contributed by atoms with Crippen molar-refractivity contribution in [3.05, 3.63) is 71.3 Å². The minimum absolute atomic E-state index is 0.0511. The SMILES string of the molecule is COc1ncc(-c2cccc3c2C[C@H](N(CCC(F)(F)F)C(=O)c2ccc(C(N)=O)cn2)CC3)cn1. The summed E-state index contributed by atoms with van der Waals surface area (Å²) in [6.45, 7) is -0.505. The van der Waals surface area contributed by atoms with Crippen LogP contribution < -0.4 is 10.5 Å². The van der Waals surface area contributed by atoms with Gasteiger partial charge in [0.25, 0.3) is 5.91 Å². The first-order valence-corrected chi connectivity index (χ1v) is 11.3. The summed E-state index contributed by atoms with van der Waals surface area (Å²) in [6.07, 6.45) is 0.280. The number of hydrogen-bond donors (Lipinski definition) is 1. The van der Waals surface area contributed by atoms with Gasteiger partial charge in [-0.15, -0.1) is 0 Å². The highest BCUT2D eigenvalue weighted by molar-refractivity contribution is 5.95. The Hall–Kier alpha value is -4.02. The van der Waals surface area contributed by atoms with E-state index in [4.69, 9.17) is 10.5 Å². The fraction of sp³-hybridized carbons (Fsp3) is 0.320. The first-order chi connectivity index (χ1) is 17.2. The standard InChI is InChI=1S/C25H24F3N5O3/c1-36-24-31-13-17(14-32-24)19-4-2-3-15-5-7-18(11-20(15)19)33(10-9-25(26,27)28)23(35)21-8-6-16(12-30-21)22(29)34/h2-4,6,8,12-14,18H,5,7,9-11H2,1H3,(H2,29,34)/t18-/m1/s1. The van der Waals surface area contributed by atoms with Gasteiger partial charge in [0.1, 0.15) is 5.69 Å². The molecule has 11 heteroatoms. The third-order valence-corrected chi connectivity index (χ3v) is 6.19. The van der Waals surface area contributed by atoms with Crippen LogP contribution in [0, 0.1) is 0 Å². The maximum Gasteiger partial charge on any atom is 0.390 e. The van der Waals surface area contributed by atoms with Crippen molar-refractivity contribution in [2.24, 2.45) is 5.73 Å². The summed E-state index contributed by atoms with van der Waals surface area (Å²) < 4.78 is 44.5. The van der Waals surface area contributed by atoms with Crippen molar-refractivity contribution >= 4 is 11.8 Å². The van der Waals surface area contributed by atoms with E-state index in [2.05, 4.69) is 15.0 Å². The van der Waals surface area contributed by atoms with Crippen LogP contribution in [0.1, 0.15) is 44.8 Å². The zero-order chi connectivity index (χ0) is 25.9. The van der Waals surface area contributed by atoms with Crippen LogP contribution >= 0.6 is 0 Å². The van der Waals surface area contributed by atoms with Gasteiger partial charge in [-0.1, -0.05) is 18.2 Å². The van der Waals surface area contributed by atoms with Crippen LogP contribution in [0.25, 0.3) is 11.1 Å². The molecule has 0 saturated heterocycles. The Labute approximate surface area is 205 Å². The topological polar surface area (TPSA) is 111 Å². The quantitative estimate of drug-likeness (QED) is 0.532. The summed E-state index contributed by atoms with van der Waals surface area (Å²) >= 11 is 0. The number of aryl methyl sites for hydroxylation is 1. The molecule has 0 spiro atoms. The Bertz CT molecular complexity index is 1250. The molecule has 1 aliphatic carbocycles. The van der Waals surface area contributed by atoms with Gasteiger partial charge in [0.05, 0.1) is 19.1 Å². The average molecular weight is 499 g/mol. The number of nitrogens with two attached hydrogens (primary N) is 1. The summed E-state index contributed by atoms with van der Waals surface area (Å²) in [5.74, 6) is -1.34. The number of fused-ring (bicyclic) bond motifs is 1. The summed E-state index contributed by atoms with van der Waals surface area (Å²) in [5.41, 5.74) is 8.86. The molecule has 0 aliphatic heterocycles. The highest BCUT2D eigenvalue weighted by Gasteiger charge is 2.34. The maximum atomic E-state index is 13.3. The molecule has 4 rings (SSSR count). The molecule has 1 aromatic carbocycles. The van der Waals surface area contributed by atoms with Crippen LogP contribution in [0.2, 0.25) is 0 Å². The van der Waals surface area contributed by atoms with Crippen LogP contribution in [0.5, 0.6) is 6.01 Å². The molecule has 8 nitrogen and oxygen atoms in total. The molecule has 36 heavy (non-hydrogen) atoms. The molecule has 0 radical (unpaired) electrons. The van der Waals surface area contributed by atoms with Gasteiger partial charge >= 0.3 is 12.2 Å². The van der Waals surface area contributed by atoms with Crippen molar-refractivity contribution in [2.75, 3.05) is 13.7 Å². The zero-order valence-corrected chi connectivity index (χ0v) is 19.5. The van der Waals surface area contributed by atoms with E-state index in [0.717, 1.165) is 28.5 Å². The molecule has 2 amide bonds. The number of primary amides is 1. The number of carbonyl (C=O) groups is 2. The number of aromatic nitrogens is 3. The highest BCUT2D eigenvalue weighted by atomic mass is 19.4. The van der Waals surface area contributed by atoms with E-state index >= 15 is 0 Å². The third-order valence-electron chi connectivity index (χ3n) is 6.19. The van der Waals surface area contributed by atoms with Gasteiger partial charge in [-0.25, -0.2) is 9.97 Å². The van der Waals surface area contributed by atoms with E-state index in [0.29, 0.717) is 19.3 Å². The molecule has 188 valence electrons. The van der Waals surface area contributed by atoms with E-state index in [1.54, 1.807) is 12.4 Å². The fourth-order valence-corrected chi connectivity index (χ4v) is 4.38. The molecule has 0 unspecified atom stereocenters. The molecule has 1 aliphatic rings. The first kappa shape index (κ1) is 25.1. The van der Waals surface area contributed by atoms with Crippen molar-refractivity contribution in [1.82, 2.24) is 19.9 Å². The zero-order valence-electron chi connectivity index (χ0n) is 19.5. The van der Waals surface area contributed by atoms with Crippen molar-refractivity contribution < 1.29 is 27.5 Å². The minimum Gasteiger partial charge on any atom is -0.467 e. The van der Waals surface area contributed by atoms with Gasteiger partial charge in [-0.3, -0.25) is 14.6 Å². The highest BCUT2D eigenvalue weighted by Crippen LogP contribution is 2.34. The molecule has 0 bridgehead atoms. The second-order valence-electron chi connectivity index (χ2n) is 8.46. The lowest BCUT2D eigenvalue weighted by Crippen LogP contribution is -2.45. The van der Waals surface area contributed by atoms with Crippen LogP contribution in [0.15, 0.2) is 48.9 Å². The number of alkyl halides is 3. The number of carbonyl (C=O) groups excluding carboxylic acids is 2. The third kappa shape index (κ3) is 5.61. The van der Waals surface area contributed by atoms with Gasteiger partial charge in [0, 0.05) is 36.7 Å². The van der Waals surface area contributed by atoms with Gasteiger partial charge < -0.3 is 15.4 Å². The maximum absolute atomic E-state index is 13.3. The Balaban J connectivity index is 1.65. The fourth-order valence-electron chi connectivity index (χ4n) is 4.38. The lowest BCUT2D eigenvalue weighted by atomic mass is 9.83. The average Bonchev–Trinajstić information content (AvgIpc) is 2.87. The number of benzene rings is 1. The normalized spacial score (nSPS) is 15.2. The summed E-state index contributed by atoms with van der Waals surface area (Å²) in [7, 11) is 1.47. The number of methoxy groups -OCH3 is 1. The van der Waals surface area contributed by atoms with Gasteiger partial charge in [0.2, 0.25) is 5.91 Å². The molecule has 2 aromatic heterocycles. The van der Waals surface area contributed by atoms with Crippen LogP contribution in [0.3, 0.4) is 0 Å². The molecule has 2 N–H and O–H groups in total. The smallest absolute Gasteiger partial charge is 0.390 e. The number of pyridine rings is 1. The van der Waals surface area contributed by atoms with Crippen molar-refractivity contribution in [1.29, 1.82) is 0 Å². The van der Waals surface area contributed by atoms with Crippen molar-refractivity contribution in [2.45, 2.75) is 37.9 Å². The molecule has 2 heterocycles.